The van der Waals surface area contributed by atoms with Gasteiger partial charge in [-0.3, -0.25) is 4.79 Å². The first kappa shape index (κ1) is 15.1. The highest BCUT2D eigenvalue weighted by atomic mass is 16.2. The SMILES string of the molecule is O=C(CCn1cnc2ccccc21)N/N=C/c1c[nH]c2ccccc12. The molecule has 0 atom stereocenters. The summed E-state index contributed by atoms with van der Waals surface area (Å²) in [4.78, 5) is 19.5. The van der Waals surface area contributed by atoms with E-state index in [9.17, 15) is 4.79 Å². The van der Waals surface area contributed by atoms with Gasteiger partial charge in [-0.25, -0.2) is 10.4 Å². The second kappa shape index (κ2) is 6.60. The fourth-order valence-corrected chi connectivity index (χ4v) is 2.84. The van der Waals surface area contributed by atoms with Gasteiger partial charge in [0, 0.05) is 35.6 Å². The number of hydrogen-bond donors (Lipinski definition) is 2. The van der Waals surface area contributed by atoms with Crippen molar-refractivity contribution in [3.05, 3.63) is 66.6 Å². The number of carbonyl (C=O) groups is 1. The van der Waals surface area contributed by atoms with Crippen molar-refractivity contribution >= 4 is 34.1 Å². The van der Waals surface area contributed by atoms with Gasteiger partial charge in [0.2, 0.25) is 5.91 Å². The van der Waals surface area contributed by atoms with Crippen LogP contribution in [0.25, 0.3) is 21.9 Å². The molecule has 2 heterocycles. The van der Waals surface area contributed by atoms with Crippen LogP contribution in [0.5, 0.6) is 0 Å². The number of hydrogen-bond acceptors (Lipinski definition) is 3. The number of benzene rings is 2. The minimum Gasteiger partial charge on any atom is -0.361 e. The van der Waals surface area contributed by atoms with Crippen molar-refractivity contribution in [3.8, 4) is 0 Å². The summed E-state index contributed by atoms with van der Waals surface area (Å²) >= 11 is 0. The van der Waals surface area contributed by atoms with Gasteiger partial charge in [-0.05, 0) is 18.2 Å². The monoisotopic (exact) mass is 331 g/mol. The third-order valence-corrected chi connectivity index (χ3v) is 4.12. The lowest BCUT2D eigenvalue weighted by Gasteiger charge is -2.03. The molecule has 124 valence electrons. The van der Waals surface area contributed by atoms with Crippen LogP contribution >= 0.6 is 0 Å². The van der Waals surface area contributed by atoms with Crippen LogP contribution in [-0.4, -0.2) is 26.7 Å². The van der Waals surface area contributed by atoms with Crippen molar-refractivity contribution < 1.29 is 4.79 Å². The molecule has 0 saturated heterocycles. The zero-order chi connectivity index (χ0) is 17.1. The van der Waals surface area contributed by atoms with Crippen LogP contribution in [0.3, 0.4) is 0 Å². The molecule has 6 heteroatoms. The van der Waals surface area contributed by atoms with Crippen molar-refractivity contribution in [2.45, 2.75) is 13.0 Å². The lowest BCUT2D eigenvalue weighted by molar-refractivity contribution is -0.121. The highest BCUT2D eigenvalue weighted by Crippen LogP contribution is 2.15. The summed E-state index contributed by atoms with van der Waals surface area (Å²) in [6.07, 6.45) is 5.63. The maximum absolute atomic E-state index is 12.0. The molecule has 0 aliphatic rings. The molecule has 4 rings (SSSR count). The van der Waals surface area contributed by atoms with Crippen LogP contribution in [0.15, 0.2) is 66.2 Å². The normalized spacial score (nSPS) is 11.5. The number of hydrazone groups is 1. The average Bonchev–Trinajstić information content (AvgIpc) is 3.24. The Balaban J connectivity index is 1.36. The molecule has 0 saturated carbocycles. The summed E-state index contributed by atoms with van der Waals surface area (Å²) in [5, 5.41) is 5.13. The third kappa shape index (κ3) is 3.14. The summed E-state index contributed by atoms with van der Waals surface area (Å²) in [6, 6.07) is 15.8. The maximum atomic E-state index is 12.0. The molecule has 1 amide bonds. The second-order valence-corrected chi connectivity index (χ2v) is 5.76. The Hall–Kier alpha value is -3.41. The first-order chi connectivity index (χ1) is 12.3. The lowest BCUT2D eigenvalue weighted by atomic mass is 10.2. The van der Waals surface area contributed by atoms with Gasteiger partial charge in [-0.15, -0.1) is 0 Å². The van der Waals surface area contributed by atoms with E-state index in [1.807, 2.05) is 59.3 Å². The molecular weight excluding hydrogens is 314 g/mol. The average molecular weight is 331 g/mol. The Morgan fingerprint density at radius 1 is 1.20 bits per heavy atom. The molecule has 0 aliphatic heterocycles. The molecule has 0 spiro atoms. The third-order valence-electron chi connectivity index (χ3n) is 4.12. The molecule has 0 aliphatic carbocycles. The number of aryl methyl sites for hydroxylation is 1. The number of amides is 1. The lowest BCUT2D eigenvalue weighted by Crippen LogP contribution is -2.19. The van der Waals surface area contributed by atoms with Crippen molar-refractivity contribution in [2.75, 3.05) is 0 Å². The van der Waals surface area contributed by atoms with Crippen molar-refractivity contribution in [1.82, 2.24) is 20.0 Å². The zero-order valence-corrected chi connectivity index (χ0v) is 13.5. The van der Waals surface area contributed by atoms with Crippen LogP contribution in [0.2, 0.25) is 0 Å². The number of aromatic nitrogens is 3. The molecule has 2 N–H and O–H groups in total. The fourth-order valence-electron chi connectivity index (χ4n) is 2.84. The van der Waals surface area contributed by atoms with E-state index in [4.69, 9.17) is 0 Å². The number of rotatable bonds is 5. The van der Waals surface area contributed by atoms with Gasteiger partial charge in [0.1, 0.15) is 0 Å². The Bertz CT molecular complexity index is 1060. The molecular formula is C19H17N5O. The van der Waals surface area contributed by atoms with E-state index in [0.717, 1.165) is 27.5 Å². The van der Waals surface area contributed by atoms with Gasteiger partial charge in [-0.1, -0.05) is 30.3 Å². The Morgan fingerprint density at radius 3 is 3.00 bits per heavy atom. The van der Waals surface area contributed by atoms with Gasteiger partial charge in [0.15, 0.2) is 0 Å². The van der Waals surface area contributed by atoms with Crippen molar-refractivity contribution in [2.24, 2.45) is 5.10 Å². The van der Waals surface area contributed by atoms with Gasteiger partial charge in [-0.2, -0.15) is 5.10 Å². The first-order valence-electron chi connectivity index (χ1n) is 8.09. The summed E-state index contributed by atoms with van der Waals surface area (Å²) < 4.78 is 1.97. The number of imidazole rings is 1. The topological polar surface area (TPSA) is 75.1 Å². The predicted octanol–water partition coefficient (Wildman–Crippen LogP) is 3.06. The fraction of sp³-hybridized carbons (Fsp3) is 0.105. The minimum atomic E-state index is -0.131. The van der Waals surface area contributed by atoms with Crippen molar-refractivity contribution in [1.29, 1.82) is 0 Å². The summed E-state index contributed by atoms with van der Waals surface area (Å²) in [6.45, 7) is 0.564. The molecule has 0 radical (unpaired) electrons. The molecule has 2 aromatic carbocycles. The number of H-pyrrole nitrogens is 1. The summed E-state index contributed by atoms with van der Waals surface area (Å²) in [5.74, 6) is -0.131. The molecule has 4 aromatic rings. The predicted molar refractivity (Wildman–Crippen MR) is 98.4 cm³/mol. The van der Waals surface area contributed by atoms with E-state index in [1.54, 1.807) is 12.5 Å². The second-order valence-electron chi connectivity index (χ2n) is 5.76. The molecule has 0 fully saturated rings. The standard InChI is InChI=1S/C19H17N5O/c25-19(9-10-24-13-21-17-7-3-4-8-18(17)24)23-22-12-14-11-20-16-6-2-1-5-15(14)16/h1-8,11-13,20H,9-10H2,(H,23,25)/b22-12+. The number of aromatic amines is 1. The van der Waals surface area contributed by atoms with Gasteiger partial charge >= 0.3 is 0 Å². The minimum absolute atomic E-state index is 0.131. The van der Waals surface area contributed by atoms with E-state index in [2.05, 4.69) is 20.5 Å². The van der Waals surface area contributed by atoms with Crippen LogP contribution in [0, 0.1) is 0 Å². The number of para-hydroxylation sites is 3. The van der Waals surface area contributed by atoms with E-state index < -0.39 is 0 Å². The largest absolute Gasteiger partial charge is 0.361 e. The van der Waals surface area contributed by atoms with Gasteiger partial charge in [0.05, 0.1) is 23.6 Å². The van der Waals surface area contributed by atoms with Crippen LogP contribution < -0.4 is 5.43 Å². The quantitative estimate of drug-likeness (QED) is 0.436. The highest BCUT2D eigenvalue weighted by molar-refractivity contribution is 5.99. The van der Waals surface area contributed by atoms with Crippen LogP contribution in [-0.2, 0) is 11.3 Å². The molecule has 0 bridgehead atoms. The van der Waals surface area contributed by atoms with E-state index in [0.29, 0.717) is 13.0 Å². The highest BCUT2D eigenvalue weighted by Gasteiger charge is 2.05. The molecule has 25 heavy (non-hydrogen) atoms. The van der Waals surface area contributed by atoms with E-state index in [1.165, 1.54) is 0 Å². The molecule has 6 nitrogen and oxygen atoms in total. The van der Waals surface area contributed by atoms with E-state index >= 15 is 0 Å². The summed E-state index contributed by atoms with van der Waals surface area (Å²) in [5.41, 5.74) is 6.52. The smallest absolute Gasteiger partial charge is 0.241 e. The van der Waals surface area contributed by atoms with Crippen molar-refractivity contribution in [3.63, 3.8) is 0 Å². The zero-order valence-electron chi connectivity index (χ0n) is 13.5. The van der Waals surface area contributed by atoms with E-state index in [-0.39, 0.29) is 5.91 Å². The summed E-state index contributed by atoms with van der Waals surface area (Å²) in [7, 11) is 0. The van der Waals surface area contributed by atoms with Crippen LogP contribution in [0.1, 0.15) is 12.0 Å². The van der Waals surface area contributed by atoms with Crippen LogP contribution in [0.4, 0.5) is 0 Å². The Labute approximate surface area is 144 Å². The molecule has 2 aromatic heterocycles. The number of fused-ring (bicyclic) bond motifs is 2. The first-order valence-corrected chi connectivity index (χ1v) is 8.09. The number of nitrogens with zero attached hydrogens (tertiary/aromatic N) is 3. The Kier molecular flexibility index (Phi) is 4.00. The molecule has 0 unspecified atom stereocenters. The Morgan fingerprint density at radius 2 is 2.04 bits per heavy atom. The van der Waals surface area contributed by atoms with Gasteiger partial charge in [0.25, 0.3) is 0 Å². The number of nitrogens with one attached hydrogen (secondary N) is 2. The number of carbonyl (C=O) groups excluding carboxylic acids is 1. The van der Waals surface area contributed by atoms with Gasteiger partial charge < -0.3 is 9.55 Å². The maximum Gasteiger partial charge on any atom is 0.241 e.